The highest BCUT2D eigenvalue weighted by atomic mass is 35.5. The molecule has 0 bridgehead atoms. The molecule has 5 heteroatoms. The number of rotatable bonds is 6. The Balaban J connectivity index is 1.91. The summed E-state index contributed by atoms with van der Waals surface area (Å²) in [5.74, 6) is 1.52. The van der Waals surface area contributed by atoms with Gasteiger partial charge in [0.25, 0.3) is 0 Å². The number of hydrogen-bond donors (Lipinski definition) is 0. The summed E-state index contributed by atoms with van der Waals surface area (Å²) in [6.07, 6.45) is 2.27. The first-order valence-electron chi connectivity index (χ1n) is 8.50. The summed E-state index contributed by atoms with van der Waals surface area (Å²) in [5.41, 5.74) is 4.21. The molecule has 0 spiro atoms. The van der Waals surface area contributed by atoms with Gasteiger partial charge in [0, 0.05) is 18.2 Å². The van der Waals surface area contributed by atoms with Crippen LogP contribution in [0, 0.1) is 18.3 Å². The molecule has 0 saturated heterocycles. The average Bonchev–Trinajstić information content (AvgIpc) is 2.70. The minimum Gasteiger partial charge on any atom is -0.497 e. The summed E-state index contributed by atoms with van der Waals surface area (Å²) < 4.78 is 11.4. The van der Waals surface area contributed by atoms with Crippen LogP contribution in [0.3, 0.4) is 0 Å². The highest BCUT2D eigenvalue weighted by Gasteiger charge is 2.13. The lowest BCUT2D eigenvalue weighted by atomic mass is 9.99. The summed E-state index contributed by atoms with van der Waals surface area (Å²) in [6.45, 7) is 2.35. The maximum atomic E-state index is 9.32. The summed E-state index contributed by atoms with van der Waals surface area (Å²) in [5, 5.41) is 9.54. The van der Waals surface area contributed by atoms with E-state index in [0.29, 0.717) is 18.6 Å². The van der Waals surface area contributed by atoms with Gasteiger partial charge in [-0.2, -0.15) is 5.26 Å². The Morgan fingerprint density at radius 1 is 1.11 bits per heavy atom. The number of pyridine rings is 1. The first-order chi connectivity index (χ1) is 13.1. The van der Waals surface area contributed by atoms with Gasteiger partial charge in [-0.3, -0.25) is 0 Å². The Morgan fingerprint density at radius 2 is 1.89 bits per heavy atom. The van der Waals surface area contributed by atoms with Crippen molar-refractivity contribution in [1.82, 2.24) is 4.98 Å². The molecule has 0 aliphatic heterocycles. The molecule has 3 rings (SSSR count). The average molecular weight is 379 g/mol. The van der Waals surface area contributed by atoms with Gasteiger partial charge in [-0.15, -0.1) is 0 Å². The number of ether oxygens (including phenoxy) is 2. The molecule has 0 radical (unpaired) electrons. The van der Waals surface area contributed by atoms with Crippen LogP contribution in [-0.2, 0) is 13.0 Å². The van der Waals surface area contributed by atoms with Crippen LogP contribution in [0.25, 0.3) is 0 Å². The van der Waals surface area contributed by atoms with E-state index >= 15 is 0 Å². The number of halogens is 1. The van der Waals surface area contributed by atoms with E-state index in [1.807, 2.05) is 55.5 Å². The van der Waals surface area contributed by atoms with Crippen LogP contribution in [0.2, 0.25) is 5.15 Å². The Labute approximate surface area is 164 Å². The van der Waals surface area contributed by atoms with Gasteiger partial charge in [-0.1, -0.05) is 41.9 Å². The van der Waals surface area contributed by atoms with E-state index in [-0.39, 0.29) is 5.15 Å². The molecule has 2 aromatic carbocycles. The molecule has 0 atom stereocenters. The molecule has 27 heavy (non-hydrogen) atoms. The van der Waals surface area contributed by atoms with Crippen LogP contribution >= 0.6 is 11.6 Å². The Bertz CT molecular complexity index is 982. The first kappa shape index (κ1) is 18.8. The van der Waals surface area contributed by atoms with Crippen LogP contribution in [0.4, 0.5) is 0 Å². The van der Waals surface area contributed by atoms with Crippen molar-refractivity contribution in [3.8, 4) is 17.6 Å². The zero-order valence-electron chi connectivity index (χ0n) is 15.2. The molecule has 4 nitrogen and oxygen atoms in total. The highest BCUT2D eigenvalue weighted by Crippen LogP contribution is 2.29. The Kier molecular flexibility index (Phi) is 5.95. The second kappa shape index (κ2) is 8.57. The molecule has 0 aliphatic carbocycles. The number of methoxy groups -OCH3 is 1. The van der Waals surface area contributed by atoms with Gasteiger partial charge >= 0.3 is 0 Å². The summed E-state index contributed by atoms with van der Waals surface area (Å²) in [6, 6.07) is 17.8. The van der Waals surface area contributed by atoms with Gasteiger partial charge in [0.05, 0.1) is 12.7 Å². The predicted molar refractivity (Wildman–Crippen MR) is 105 cm³/mol. The van der Waals surface area contributed by atoms with E-state index in [1.165, 1.54) is 0 Å². The third-order valence-electron chi connectivity index (χ3n) is 4.39. The predicted octanol–water partition coefficient (Wildman–Crippen LogP) is 5.09. The lowest BCUT2D eigenvalue weighted by Gasteiger charge is -2.15. The lowest BCUT2D eigenvalue weighted by Crippen LogP contribution is -2.02. The van der Waals surface area contributed by atoms with Crippen molar-refractivity contribution < 1.29 is 9.47 Å². The van der Waals surface area contributed by atoms with E-state index < -0.39 is 0 Å². The van der Waals surface area contributed by atoms with Crippen LogP contribution in [-0.4, -0.2) is 12.1 Å². The fourth-order valence-electron chi connectivity index (χ4n) is 2.82. The van der Waals surface area contributed by atoms with Crippen molar-refractivity contribution in [3.05, 3.63) is 87.7 Å². The van der Waals surface area contributed by atoms with Gasteiger partial charge in [-0.05, 0) is 41.8 Å². The second-order valence-corrected chi connectivity index (χ2v) is 6.47. The van der Waals surface area contributed by atoms with E-state index in [0.717, 1.165) is 33.8 Å². The van der Waals surface area contributed by atoms with E-state index in [1.54, 1.807) is 13.3 Å². The van der Waals surface area contributed by atoms with Crippen molar-refractivity contribution in [2.75, 3.05) is 7.11 Å². The highest BCUT2D eigenvalue weighted by molar-refractivity contribution is 6.30. The fourth-order valence-corrected chi connectivity index (χ4v) is 3.05. The van der Waals surface area contributed by atoms with Crippen LogP contribution < -0.4 is 9.47 Å². The van der Waals surface area contributed by atoms with Crippen molar-refractivity contribution in [2.24, 2.45) is 0 Å². The first-order valence-corrected chi connectivity index (χ1v) is 8.88. The van der Waals surface area contributed by atoms with Crippen molar-refractivity contribution in [3.63, 3.8) is 0 Å². The summed E-state index contributed by atoms with van der Waals surface area (Å²) in [4.78, 5) is 4.14. The van der Waals surface area contributed by atoms with Crippen molar-refractivity contribution in [1.29, 1.82) is 5.26 Å². The molecule has 0 N–H and O–H groups in total. The van der Waals surface area contributed by atoms with Crippen molar-refractivity contribution in [2.45, 2.75) is 20.0 Å². The van der Waals surface area contributed by atoms with Crippen LogP contribution in [0.1, 0.15) is 27.8 Å². The lowest BCUT2D eigenvalue weighted by molar-refractivity contribution is 0.302. The molecule has 1 heterocycles. The molecule has 3 aromatic rings. The number of hydrogen-bond acceptors (Lipinski definition) is 4. The normalized spacial score (nSPS) is 10.3. The SMILES string of the molecule is COc1ccc(OCc2ccccc2)c(Cc2cnc(Cl)c(C#N)c2C)c1. The third-order valence-corrected chi connectivity index (χ3v) is 4.68. The molecule has 0 saturated carbocycles. The maximum absolute atomic E-state index is 9.32. The van der Waals surface area contributed by atoms with Gasteiger partial charge in [-0.25, -0.2) is 4.98 Å². The molecular formula is C22H19ClN2O2. The maximum Gasteiger partial charge on any atom is 0.147 e. The van der Waals surface area contributed by atoms with Gasteiger partial charge in [0.1, 0.15) is 29.3 Å². The minimum atomic E-state index is 0.227. The molecule has 136 valence electrons. The number of nitrogens with zero attached hydrogens (tertiary/aromatic N) is 2. The van der Waals surface area contributed by atoms with Gasteiger partial charge in [0.15, 0.2) is 0 Å². The van der Waals surface area contributed by atoms with E-state index in [4.69, 9.17) is 21.1 Å². The Morgan fingerprint density at radius 3 is 2.59 bits per heavy atom. The quantitative estimate of drug-likeness (QED) is 0.560. The zero-order chi connectivity index (χ0) is 19.2. The summed E-state index contributed by atoms with van der Waals surface area (Å²) in [7, 11) is 1.63. The molecule has 0 amide bonds. The number of benzene rings is 2. The smallest absolute Gasteiger partial charge is 0.147 e. The molecular weight excluding hydrogens is 360 g/mol. The van der Waals surface area contributed by atoms with Crippen LogP contribution in [0.5, 0.6) is 11.5 Å². The number of nitriles is 1. The van der Waals surface area contributed by atoms with Crippen LogP contribution in [0.15, 0.2) is 54.7 Å². The standard InChI is InChI=1S/C22H19ClN2O2/c1-15-18(13-25-22(23)20(15)12-24)10-17-11-19(26-2)8-9-21(17)27-14-16-6-4-3-5-7-16/h3-9,11,13H,10,14H2,1-2H3. The monoisotopic (exact) mass is 378 g/mol. The van der Waals surface area contributed by atoms with Gasteiger partial charge < -0.3 is 9.47 Å². The summed E-state index contributed by atoms with van der Waals surface area (Å²) >= 11 is 6.02. The van der Waals surface area contributed by atoms with E-state index in [2.05, 4.69) is 11.1 Å². The largest absolute Gasteiger partial charge is 0.497 e. The topological polar surface area (TPSA) is 55.1 Å². The minimum absolute atomic E-state index is 0.227. The molecule has 1 aromatic heterocycles. The second-order valence-electron chi connectivity index (χ2n) is 6.11. The number of aromatic nitrogens is 1. The molecule has 0 fully saturated rings. The van der Waals surface area contributed by atoms with E-state index in [9.17, 15) is 5.26 Å². The zero-order valence-corrected chi connectivity index (χ0v) is 16.0. The Hall–Kier alpha value is -3.03. The third kappa shape index (κ3) is 4.39. The van der Waals surface area contributed by atoms with Gasteiger partial charge in [0.2, 0.25) is 0 Å². The fraction of sp³-hybridized carbons (Fsp3) is 0.182. The molecule has 0 unspecified atom stereocenters. The van der Waals surface area contributed by atoms with Crippen molar-refractivity contribution >= 4 is 11.6 Å². The molecule has 0 aliphatic rings.